The van der Waals surface area contributed by atoms with Crippen LogP contribution in [0.5, 0.6) is 11.5 Å². The lowest BCUT2D eigenvalue weighted by molar-refractivity contribution is 0.0977. The SMILES string of the molecule is CCCC(=O)c1cc2c(-c3cc(NS(S)(S)CC)ccc3Oc3ccc(C)cc3F)cn(C)c(=O)c2[nH]1. The molecule has 0 bridgehead atoms. The van der Waals surface area contributed by atoms with Gasteiger partial charge < -0.3 is 19.0 Å². The van der Waals surface area contributed by atoms with Crippen molar-refractivity contribution in [1.29, 1.82) is 0 Å². The Kier molecular flexibility index (Phi) is 8.01. The number of hydrogen-bond acceptors (Lipinski definition) is 6. The van der Waals surface area contributed by atoms with E-state index in [0.29, 0.717) is 52.1 Å². The number of carbonyl (C=O) groups excluding carboxylic acids is 1. The highest BCUT2D eigenvalue weighted by Crippen LogP contribution is 2.56. The zero-order chi connectivity index (χ0) is 26.9. The minimum Gasteiger partial charge on any atom is -0.454 e. The van der Waals surface area contributed by atoms with Gasteiger partial charge in [-0.05, 0) is 55.3 Å². The second-order valence-corrected chi connectivity index (χ2v) is 15.6. The van der Waals surface area contributed by atoms with Gasteiger partial charge in [-0.15, -0.1) is 23.3 Å². The molecule has 4 aromatic rings. The van der Waals surface area contributed by atoms with Gasteiger partial charge in [-0.25, -0.2) is 4.39 Å². The van der Waals surface area contributed by atoms with E-state index in [2.05, 4.69) is 33.0 Å². The average Bonchev–Trinajstić information content (AvgIpc) is 3.30. The minimum atomic E-state index is -1.69. The van der Waals surface area contributed by atoms with Gasteiger partial charge in [-0.2, -0.15) is 0 Å². The first-order chi connectivity index (χ1) is 17.5. The summed E-state index contributed by atoms with van der Waals surface area (Å²) in [6.45, 7) is 5.73. The maximum absolute atomic E-state index is 14.7. The molecule has 2 heterocycles. The number of nitrogens with zero attached hydrogens (tertiary/aromatic N) is 1. The summed E-state index contributed by atoms with van der Waals surface area (Å²) in [7, 11) is -0.0451. The summed E-state index contributed by atoms with van der Waals surface area (Å²) in [5.41, 5.74) is 3.24. The largest absolute Gasteiger partial charge is 0.454 e. The predicted molar refractivity (Wildman–Crippen MR) is 159 cm³/mol. The Bertz CT molecular complexity index is 1550. The van der Waals surface area contributed by atoms with Gasteiger partial charge in [0, 0.05) is 47.6 Å². The summed E-state index contributed by atoms with van der Waals surface area (Å²) in [6.07, 6.45) is 2.77. The van der Waals surface area contributed by atoms with Gasteiger partial charge in [0.1, 0.15) is 11.3 Å². The number of ether oxygens (including phenoxy) is 1. The second-order valence-electron chi connectivity index (χ2n) is 8.91. The van der Waals surface area contributed by atoms with Crippen molar-refractivity contribution in [3.05, 3.63) is 76.1 Å². The lowest BCUT2D eigenvalue weighted by atomic mass is 10.0. The van der Waals surface area contributed by atoms with E-state index in [4.69, 9.17) is 4.74 Å². The number of Topliss-reactive ketones (excluding diaryl/α,β-unsaturated/α-hetero) is 1. The molecule has 0 aliphatic rings. The first kappa shape index (κ1) is 27.2. The molecule has 0 fully saturated rings. The number of carbonyl (C=O) groups is 1. The van der Waals surface area contributed by atoms with Gasteiger partial charge in [0.15, 0.2) is 17.3 Å². The van der Waals surface area contributed by atoms with Crippen LogP contribution in [0, 0.1) is 12.7 Å². The van der Waals surface area contributed by atoms with Crippen LogP contribution in [0.1, 0.15) is 42.7 Å². The van der Waals surface area contributed by atoms with Crippen LogP contribution in [0.2, 0.25) is 0 Å². The standard InChI is InChI=1S/C27H30FN3O3S3/c1-5-7-23(32)22-14-19-20(15-31(4)27(33)26(19)29-22)18-13-17(30-37(35,36)6-2)9-11-24(18)34-25-10-8-16(3)12-21(25)28/h8-15,29-30,35-36H,5-7H2,1-4H3. The number of aromatic amines is 1. The van der Waals surface area contributed by atoms with Gasteiger partial charge in [-0.3, -0.25) is 9.59 Å². The number of aromatic nitrogens is 2. The zero-order valence-electron chi connectivity index (χ0n) is 21.1. The third-order valence-corrected chi connectivity index (χ3v) is 9.47. The number of thiol groups is 2. The molecule has 0 aliphatic heterocycles. The van der Waals surface area contributed by atoms with Gasteiger partial charge in [0.2, 0.25) is 0 Å². The summed E-state index contributed by atoms with van der Waals surface area (Å²) in [4.78, 5) is 28.6. The van der Waals surface area contributed by atoms with Crippen LogP contribution >= 0.6 is 31.6 Å². The maximum Gasteiger partial charge on any atom is 0.274 e. The first-order valence-electron chi connectivity index (χ1n) is 11.9. The summed E-state index contributed by atoms with van der Waals surface area (Å²) in [5, 5.41) is 0.583. The number of anilines is 1. The lowest BCUT2D eigenvalue weighted by Gasteiger charge is -2.29. The molecular weight excluding hydrogens is 530 g/mol. The molecule has 10 heteroatoms. The summed E-state index contributed by atoms with van der Waals surface area (Å²) in [6, 6.07) is 11.9. The van der Waals surface area contributed by atoms with Crippen molar-refractivity contribution in [2.75, 3.05) is 10.5 Å². The molecule has 37 heavy (non-hydrogen) atoms. The third kappa shape index (κ3) is 5.86. The topological polar surface area (TPSA) is 76.1 Å². The molecule has 2 N–H and O–H groups in total. The number of H-pyrrole nitrogens is 1. The fourth-order valence-electron chi connectivity index (χ4n) is 4.02. The number of hydrogen-bond donors (Lipinski definition) is 4. The van der Waals surface area contributed by atoms with Gasteiger partial charge in [-0.1, -0.05) is 28.2 Å². The van der Waals surface area contributed by atoms with E-state index in [-0.39, 0.29) is 17.1 Å². The summed E-state index contributed by atoms with van der Waals surface area (Å²) < 4.78 is 25.6. The highest BCUT2D eigenvalue weighted by atomic mass is 33.5. The average molecular weight is 560 g/mol. The van der Waals surface area contributed by atoms with E-state index in [0.717, 1.165) is 11.3 Å². The van der Waals surface area contributed by atoms with Crippen LogP contribution in [0.3, 0.4) is 0 Å². The van der Waals surface area contributed by atoms with Crippen LogP contribution in [0.25, 0.3) is 22.0 Å². The van der Waals surface area contributed by atoms with Gasteiger partial charge in [0.25, 0.3) is 5.56 Å². The van der Waals surface area contributed by atoms with Crippen LogP contribution in [-0.4, -0.2) is 21.1 Å². The molecule has 0 atom stereocenters. The number of nitrogens with one attached hydrogen (secondary N) is 2. The Morgan fingerprint density at radius 1 is 1.11 bits per heavy atom. The number of ketones is 1. The molecule has 0 saturated heterocycles. The van der Waals surface area contributed by atoms with Gasteiger partial charge in [0.05, 0.1) is 5.69 Å². The normalized spacial score (nSPS) is 12.1. The monoisotopic (exact) mass is 559 g/mol. The Hall–Kier alpha value is -2.82. The molecule has 0 spiro atoms. The first-order valence-corrected chi connectivity index (χ1v) is 15.8. The van der Waals surface area contributed by atoms with E-state index in [1.165, 1.54) is 10.6 Å². The van der Waals surface area contributed by atoms with Crippen molar-refractivity contribution in [3.63, 3.8) is 0 Å². The Balaban J connectivity index is 1.94. The third-order valence-electron chi connectivity index (χ3n) is 6.00. The van der Waals surface area contributed by atoms with Crippen molar-refractivity contribution < 1.29 is 13.9 Å². The van der Waals surface area contributed by atoms with Crippen molar-refractivity contribution in [2.45, 2.75) is 33.6 Å². The van der Waals surface area contributed by atoms with E-state index in [1.54, 1.807) is 44.4 Å². The van der Waals surface area contributed by atoms with Crippen molar-refractivity contribution in [2.24, 2.45) is 7.05 Å². The zero-order valence-corrected chi connectivity index (χ0v) is 23.7. The van der Waals surface area contributed by atoms with Crippen LogP contribution in [0.15, 0.2) is 53.5 Å². The molecule has 2 aromatic carbocycles. The molecular formula is C27H30FN3O3S3. The fourth-order valence-corrected chi connectivity index (χ4v) is 5.30. The minimum absolute atomic E-state index is 0.0678. The molecule has 2 aromatic heterocycles. The van der Waals surface area contributed by atoms with Crippen molar-refractivity contribution in [1.82, 2.24) is 9.55 Å². The number of halogens is 1. The Labute approximate surface area is 226 Å². The van der Waals surface area contributed by atoms with Crippen molar-refractivity contribution in [3.8, 4) is 22.6 Å². The number of fused-ring (bicyclic) bond motifs is 1. The number of rotatable bonds is 9. The lowest BCUT2D eigenvalue weighted by Crippen LogP contribution is -2.16. The fraction of sp³-hybridized carbons (Fsp3) is 0.259. The molecule has 0 saturated carbocycles. The van der Waals surface area contributed by atoms with Crippen LogP contribution in [0.4, 0.5) is 10.1 Å². The molecule has 196 valence electrons. The molecule has 0 amide bonds. The van der Waals surface area contributed by atoms with Gasteiger partial charge >= 0.3 is 0 Å². The highest BCUT2D eigenvalue weighted by Gasteiger charge is 2.20. The highest BCUT2D eigenvalue weighted by molar-refractivity contribution is 9.18. The quantitative estimate of drug-likeness (QED) is 0.0968. The summed E-state index contributed by atoms with van der Waals surface area (Å²) in [5.74, 6) is 0.645. The molecule has 0 unspecified atom stereocenters. The molecule has 0 aliphatic carbocycles. The molecule has 6 nitrogen and oxygen atoms in total. The number of aryl methyl sites for hydroxylation is 2. The predicted octanol–water partition coefficient (Wildman–Crippen LogP) is 7.60. The van der Waals surface area contributed by atoms with Crippen molar-refractivity contribution >= 4 is 54.0 Å². The van der Waals surface area contributed by atoms with E-state index < -0.39 is 14.1 Å². The van der Waals surface area contributed by atoms with E-state index >= 15 is 0 Å². The Morgan fingerprint density at radius 2 is 1.84 bits per heavy atom. The van der Waals surface area contributed by atoms with E-state index in [9.17, 15) is 14.0 Å². The molecule has 4 rings (SSSR count). The van der Waals surface area contributed by atoms with Crippen LogP contribution in [-0.2, 0) is 7.05 Å². The smallest absolute Gasteiger partial charge is 0.274 e. The maximum atomic E-state index is 14.7. The number of pyridine rings is 1. The van der Waals surface area contributed by atoms with Crippen LogP contribution < -0.4 is 15.0 Å². The molecule has 0 radical (unpaired) electrons. The summed E-state index contributed by atoms with van der Waals surface area (Å²) >= 11 is 9.30. The second kappa shape index (κ2) is 10.9. The number of benzene rings is 2. The van der Waals surface area contributed by atoms with E-state index in [1.807, 2.05) is 26.0 Å². The Morgan fingerprint density at radius 3 is 2.51 bits per heavy atom.